The number of carbonyl (C=O) groups is 2. The van der Waals surface area contributed by atoms with Gasteiger partial charge in [0.05, 0.1) is 41.6 Å². The summed E-state index contributed by atoms with van der Waals surface area (Å²) in [6, 6.07) is 5.26. The van der Waals surface area contributed by atoms with Crippen molar-refractivity contribution in [3.63, 3.8) is 0 Å². The molecule has 304 valence electrons. The van der Waals surface area contributed by atoms with Crippen molar-refractivity contribution in [2.24, 2.45) is 23.7 Å². The van der Waals surface area contributed by atoms with Crippen LogP contribution in [-0.2, 0) is 14.3 Å². The van der Waals surface area contributed by atoms with E-state index in [4.69, 9.17) is 23.6 Å². The first kappa shape index (κ1) is 41.4. The normalized spacial score (nSPS) is 28.8. The first-order chi connectivity index (χ1) is 26.8. The third kappa shape index (κ3) is 7.15. The monoisotopic (exact) mass is 785 g/mol. The van der Waals surface area contributed by atoms with Gasteiger partial charge in [0.2, 0.25) is 0 Å². The number of ether oxygens (including phenoxy) is 3. The number of aromatic hydroxyl groups is 1. The number of nitrogens with one attached hydrogen (secondary N) is 1. The molecular weight excluding hydrogens is 734 g/mol. The molecule has 1 aromatic heterocycles. The maximum absolute atomic E-state index is 14.5. The van der Waals surface area contributed by atoms with Gasteiger partial charge >= 0.3 is 5.79 Å². The molecule has 2 aliphatic rings. The first-order valence-corrected chi connectivity index (χ1v) is 18.9. The van der Waals surface area contributed by atoms with Gasteiger partial charge in [-0.3, -0.25) is 14.4 Å². The van der Waals surface area contributed by atoms with Crippen molar-refractivity contribution >= 4 is 56.0 Å². The van der Waals surface area contributed by atoms with Crippen LogP contribution in [0, 0.1) is 30.6 Å². The zero-order valence-electron chi connectivity index (χ0n) is 33.8. The molecule has 57 heavy (non-hydrogen) atoms. The van der Waals surface area contributed by atoms with Crippen LogP contribution in [0.4, 0.5) is 11.4 Å². The molecule has 3 heterocycles. The van der Waals surface area contributed by atoms with Crippen LogP contribution in [0.3, 0.4) is 0 Å². The molecule has 14 heteroatoms. The number of phenolic OH excluding ortho intramolecular Hbond substituents is 1. The molecule has 2 aliphatic heterocycles. The quantitative estimate of drug-likeness (QED) is 0.0971. The Labute approximate surface area is 330 Å². The van der Waals surface area contributed by atoms with E-state index < -0.39 is 76.7 Å². The van der Waals surface area contributed by atoms with E-state index in [2.05, 4.69) is 5.32 Å². The number of anilines is 2. The van der Waals surface area contributed by atoms with Gasteiger partial charge in [0.15, 0.2) is 22.3 Å². The third-order valence-electron chi connectivity index (χ3n) is 11.6. The summed E-state index contributed by atoms with van der Waals surface area (Å²) in [5.74, 6) is -6.43. The molecule has 0 fully saturated rings. The van der Waals surface area contributed by atoms with E-state index in [-0.39, 0.29) is 50.0 Å². The van der Waals surface area contributed by atoms with E-state index in [0.29, 0.717) is 11.1 Å². The van der Waals surface area contributed by atoms with Crippen molar-refractivity contribution < 1.29 is 48.6 Å². The number of rotatable bonds is 2. The lowest BCUT2D eigenvalue weighted by Crippen LogP contribution is -2.44. The number of nitrogens with zero attached hydrogens (tertiary/aromatic N) is 2. The molecule has 1 amide bonds. The molecule has 0 saturated heterocycles. The predicted octanol–water partition coefficient (Wildman–Crippen LogP) is 5.49. The van der Waals surface area contributed by atoms with E-state index in [0.717, 1.165) is 5.69 Å². The van der Waals surface area contributed by atoms with Gasteiger partial charge in [-0.05, 0) is 38.1 Å². The van der Waals surface area contributed by atoms with Gasteiger partial charge in [-0.25, -0.2) is 4.98 Å². The molecule has 0 spiro atoms. The Morgan fingerprint density at radius 3 is 2.26 bits per heavy atom. The van der Waals surface area contributed by atoms with E-state index in [1.54, 1.807) is 65.0 Å². The fourth-order valence-corrected chi connectivity index (χ4v) is 7.68. The summed E-state index contributed by atoms with van der Waals surface area (Å²) in [6.45, 7) is 11.3. The van der Waals surface area contributed by atoms with Gasteiger partial charge in [-0.15, -0.1) is 0 Å². The Bertz CT molecular complexity index is 2420. The number of aliphatic hydroxyl groups excluding tert-OH is 3. The summed E-state index contributed by atoms with van der Waals surface area (Å²) in [5, 5.41) is 48.2. The predicted molar refractivity (Wildman–Crippen MR) is 217 cm³/mol. The highest BCUT2D eigenvalue weighted by atomic mass is 16.7. The number of benzene rings is 3. The summed E-state index contributed by atoms with van der Waals surface area (Å²) in [4.78, 5) is 49.3. The molecule has 0 radical (unpaired) electrons. The zero-order valence-corrected chi connectivity index (χ0v) is 33.8. The number of aromatic nitrogens is 1. The second-order valence-corrected chi connectivity index (χ2v) is 15.7. The zero-order chi connectivity index (χ0) is 41.8. The second-order valence-electron chi connectivity index (χ2n) is 15.7. The van der Waals surface area contributed by atoms with Crippen molar-refractivity contribution in [3.8, 4) is 11.5 Å². The minimum Gasteiger partial charge on any atom is -0.505 e. The van der Waals surface area contributed by atoms with Crippen LogP contribution in [-0.4, -0.2) is 88.5 Å². The van der Waals surface area contributed by atoms with E-state index >= 15 is 0 Å². The average molecular weight is 786 g/mol. The number of Topliss-reactive ketones (excluding diaryl/α,β-unsaturated/α-hetero) is 1. The van der Waals surface area contributed by atoms with Crippen molar-refractivity contribution in [1.82, 2.24) is 4.98 Å². The largest absolute Gasteiger partial charge is 0.505 e. The summed E-state index contributed by atoms with van der Waals surface area (Å²) in [7, 11) is 5.16. The molecule has 0 aliphatic carbocycles. The second kappa shape index (κ2) is 15.6. The van der Waals surface area contributed by atoms with Crippen molar-refractivity contribution in [1.29, 1.82) is 0 Å². The number of carbonyl (C=O) groups excluding carboxylic acids is 2. The highest BCUT2D eigenvalue weighted by molar-refractivity contribution is 6.26. The highest BCUT2D eigenvalue weighted by Crippen LogP contribution is 2.48. The Kier molecular flexibility index (Phi) is 11.3. The number of allylic oxidation sites excluding steroid dienone is 2. The number of aliphatic hydroxyl groups is 3. The maximum Gasteiger partial charge on any atom is 0.312 e. The van der Waals surface area contributed by atoms with Crippen LogP contribution in [0.25, 0.3) is 33.0 Å². The number of fused-ring (bicyclic) bond motifs is 2. The van der Waals surface area contributed by atoms with Gasteiger partial charge in [-0.1, -0.05) is 45.9 Å². The van der Waals surface area contributed by atoms with Crippen LogP contribution >= 0.6 is 0 Å². The lowest BCUT2D eigenvalue weighted by atomic mass is 9.78. The van der Waals surface area contributed by atoms with Crippen molar-refractivity contribution in [2.45, 2.75) is 78.7 Å². The summed E-state index contributed by atoms with van der Waals surface area (Å²) < 4.78 is 24.2. The Morgan fingerprint density at radius 1 is 0.930 bits per heavy atom. The van der Waals surface area contributed by atoms with Crippen LogP contribution in [0.2, 0.25) is 0 Å². The number of ketones is 1. The summed E-state index contributed by atoms with van der Waals surface area (Å²) >= 11 is 0. The highest BCUT2D eigenvalue weighted by Gasteiger charge is 2.49. The molecule has 6 rings (SSSR count). The molecular formula is C43H51N3O11. The SMILES string of the molecule is CO[C@H]1C=CO[C@@]2(C)Oc3c(C)c(=O)c4c(O)c(c5oc6ccc(N(C)C)cc6nc5c4c3C2=O)NC(=O)C(C)=CC=C[C@H](C)[C@H](O)[C@@H](C)[C@@H](O)[C@@H](C)[C@H](O)[C@@H]1C. The summed E-state index contributed by atoms with van der Waals surface area (Å²) in [6.07, 6.45) is 3.57. The van der Waals surface area contributed by atoms with Crippen molar-refractivity contribution in [2.75, 3.05) is 31.4 Å². The molecule has 4 aromatic rings. The molecule has 0 saturated carbocycles. The number of amides is 1. The molecule has 0 unspecified atom stereocenters. The van der Waals surface area contributed by atoms with Crippen LogP contribution in [0.15, 0.2) is 63.6 Å². The molecule has 4 bridgehead atoms. The van der Waals surface area contributed by atoms with Gasteiger partial charge in [0, 0.05) is 74.0 Å². The van der Waals surface area contributed by atoms with Gasteiger partial charge in [-0.2, -0.15) is 0 Å². The Balaban J connectivity index is 1.61. The molecule has 5 N–H and O–H groups in total. The number of hydrogen-bond acceptors (Lipinski definition) is 13. The van der Waals surface area contributed by atoms with E-state index in [9.17, 15) is 34.8 Å². The summed E-state index contributed by atoms with van der Waals surface area (Å²) in [5.41, 5.74) is 0.609. The van der Waals surface area contributed by atoms with E-state index in [1.165, 1.54) is 39.4 Å². The van der Waals surface area contributed by atoms with Gasteiger partial charge in [0.25, 0.3) is 11.7 Å². The maximum atomic E-state index is 14.5. The molecule has 9 atom stereocenters. The smallest absolute Gasteiger partial charge is 0.312 e. The Hall–Kier alpha value is -5.28. The Morgan fingerprint density at radius 2 is 1.60 bits per heavy atom. The number of methoxy groups -OCH3 is 1. The lowest BCUT2D eigenvalue weighted by molar-refractivity contribution is -0.112. The molecule has 14 nitrogen and oxygen atoms in total. The minimum absolute atomic E-state index is 0.0121. The standard InChI is InChI=1S/C43H51N3O11/c1-19-12-11-13-20(2)42(53)45-33-38(51)30-29(32-40(33)56-28-15-14-25(46(8)9)18-26(28)44-32)31-39(24(6)37(30)50)57-43(7,41(31)52)55-17-16-27(54-10)21(3)35(48)23(5)36(49)22(4)34(19)47/h11-19,21-23,27,34-36,47-49,51H,1-10H3,(H,45,53)/t19-,21+,22+,23-,27-,34-,35+,36+,43-/m0/s1. The molecule has 3 aromatic carbocycles. The van der Waals surface area contributed by atoms with Gasteiger partial charge < -0.3 is 49.3 Å². The van der Waals surface area contributed by atoms with E-state index in [1.807, 2.05) is 19.0 Å². The van der Waals surface area contributed by atoms with Crippen LogP contribution < -0.4 is 20.4 Å². The van der Waals surface area contributed by atoms with Gasteiger partial charge in [0.1, 0.15) is 22.5 Å². The lowest BCUT2D eigenvalue weighted by Gasteiger charge is -2.36. The van der Waals surface area contributed by atoms with Crippen LogP contribution in [0.1, 0.15) is 57.5 Å². The third-order valence-corrected chi connectivity index (χ3v) is 11.6. The average Bonchev–Trinajstić information content (AvgIpc) is 3.45. The number of phenols is 1. The first-order valence-electron chi connectivity index (χ1n) is 18.9. The van der Waals surface area contributed by atoms with Crippen LogP contribution in [0.5, 0.6) is 11.5 Å². The fraction of sp³-hybridized carbons (Fsp3) is 0.442. The van der Waals surface area contributed by atoms with Crippen molar-refractivity contribution in [3.05, 3.63) is 75.7 Å². The number of hydrogen-bond donors (Lipinski definition) is 5. The minimum atomic E-state index is -2.00. The fourth-order valence-electron chi connectivity index (χ4n) is 7.68. The topological polar surface area (TPSA) is 201 Å².